The predicted octanol–water partition coefficient (Wildman–Crippen LogP) is 0.985. The van der Waals surface area contributed by atoms with Crippen LogP contribution in [0.15, 0.2) is 4.36 Å². The first kappa shape index (κ1) is 9.99. The fourth-order valence-corrected chi connectivity index (χ4v) is 3.48. The van der Waals surface area contributed by atoms with Crippen LogP contribution in [0.2, 0.25) is 0 Å². The smallest absolute Gasteiger partial charge is 0.0635 e. The maximum atomic E-state index is 11.8. The Morgan fingerprint density at radius 2 is 2.08 bits per heavy atom. The fraction of sp³-hybridized carbons (Fsp3) is 1.00. The van der Waals surface area contributed by atoms with Crippen LogP contribution in [0.1, 0.15) is 26.2 Å². The van der Waals surface area contributed by atoms with E-state index in [1.807, 2.05) is 6.92 Å². The van der Waals surface area contributed by atoms with Crippen LogP contribution in [-0.4, -0.2) is 28.3 Å². The van der Waals surface area contributed by atoms with Crippen molar-refractivity contribution < 1.29 is 4.21 Å². The van der Waals surface area contributed by atoms with Crippen molar-refractivity contribution in [2.75, 3.05) is 18.1 Å². The summed E-state index contributed by atoms with van der Waals surface area (Å²) in [5.74, 6) is 1.59. The van der Waals surface area contributed by atoms with Crippen LogP contribution >= 0.6 is 0 Å². The highest BCUT2D eigenvalue weighted by Crippen LogP contribution is 2.13. The van der Waals surface area contributed by atoms with E-state index >= 15 is 0 Å². The van der Waals surface area contributed by atoms with E-state index in [1.54, 1.807) is 0 Å². The van der Waals surface area contributed by atoms with Crippen molar-refractivity contribution in [1.29, 1.82) is 0 Å². The minimum Gasteiger partial charge on any atom is -0.326 e. The molecule has 12 heavy (non-hydrogen) atoms. The normalized spacial score (nSPS) is 23.8. The van der Waals surface area contributed by atoms with Crippen LogP contribution in [0.3, 0.4) is 0 Å². The van der Waals surface area contributed by atoms with Gasteiger partial charge in [0.1, 0.15) is 0 Å². The highest BCUT2D eigenvalue weighted by Gasteiger charge is 2.15. The van der Waals surface area contributed by atoms with Gasteiger partial charge in [-0.3, -0.25) is 0 Å². The van der Waals surface area contributed by atoms with Gasteiger partial charge in [0.15, 0.2) is 0 Å². The summed E-state index contributed by atoms with van der Waals surface area (Å²) in [6, 6.07) is 0.101. The fourth-order valence-electron chi connectivity index (χ4n) is 1.25. The summed E-state index contributed by atoms with van der Waals surface area (Å²) in [7, 11) is -1.81. The summed E-state index contributed by atoms with van der Waals surface area (Å²) in [6.45, 7) is 2.61. The molecule has 1 aliphatic heterocycles. The molecule has 2 N–H and O–H groups in total. The van der Waals surface area contributed by atoms with Gasteiger partial charge in [-0.1, -0.05) is 6.92 Å². The molecule has 0 aromatic rings. The molecule has 4 heteroatoms. The van der Waals surface area contributed by atoms with Gasteiger partial charge in [0.25, 0.3) is 0 Å². The highest BCUT2D eigenvalue weighted by molar-refractivity contribution is 7.93. The van der Waals surface area contributed by atoms with Crippen molar-refractivity contribution in [1.82, 2.24) is 0 Å². The minimum atomic E-state index is -1.81. The molecule has 0 bridgehead atoms. The molecule has 72 valence electrons. The van der Waals surface area contributed by atoms with Gasteiger partial charge in [0, 0.05) is 27.3 Å². The maximum absolute atomic E-state index is 11.8. The lowest BCUT2D eigenvalue weighted by atomic mass is 10.2. The standard InChI is InChI=1S/C8H18N2OS/c1-2-8(9)7-10-12(11)5-3-4-6-12/h8H,2-7,9H2,1H3/t8-/m1/s1. The number of nitrogens with zero attached hydrogens (tertiary/aromatic N) is 1. The van der Waals surface area contributed by atoms with Crippen molar-refractivity contribution >= 4 is 9.73 Å². The lowest BCUT2D eigenvalue weighted by molar-refractivity contribution is 0.650. The first-order valence-corrected chi connectivity index (χ1v) is 6.45. The monoisotopic (exact) mass is 190 g/mol. The van der Waals surface area contributed by atoms with E-state index in [0.29, 0.717) is 6.54 Å². The Morgan fingerprint density at radius 1 is 1.50 bits per heavy atom. The second-order valence-corrected chi connectivity index (χ2v) is 5.99. The van der Waals surface area contributed by atoms with E-state index in [0.717, 1.165) is 30.8 Å². The Balaban J connectivity index is 2.50. The summed E-state index contributed by atoms with van der Waals surface area (Å²) in [6.07, 6.45) is 3.06. The van der Waals surface area contributed by atoms with Gasteiger partial charge in [-0.15, -0.1) is 0 Å². The van der Waals surface area contributed by atoms with Crippen molar-refractivity contribution in [2.45, 2.75) is 32.2 Å². The number of nitrogens with two attached hydrogens (primary N) is 1. The quantitative estimate of drug-likeness (QED) is 0.721. The summed E-state index contributed by atoms with van der Waals surface area (Å²) >= 11 is 0. The zero-order valence-electron chi connectivity index (χ0n) is 7.66. The number of hydrogen-bond donors (Lipinski definition) is 1. The Bertz CT molecular complexity index is 231. The third kappa shape index (κ3) is 2.75. The molecule has 0 spiro atoms. The van der Waals surface area contributed by atoms with Gasteiger partial charge < -0.3 is 5.73 Å². The van der Waals surface area contributed by atoms with Crippen LogP contribution in [0.25, 0.3) is 0 Å². The Hall–Kier alpha value is -0.0900. The first-order valence-electron chi connectivity index (χ1n) is 4.60. The van der Waals surface area contributed by atoms with Gasteiger partial charge >= 0.3 is 0 Å². The first-order chi connectivity index (χ1) is 5.66. The molecule has 1 atom stereocenters. The van der Waals surface area contributed by atoms with Crippen molar-refractivity contribution in [3.8, 4) is 0 Å². The SMILES string of the molecule is CC[C@@H](N)CN=S1(=O)CCCC1. The molecule has 3 nitrogen and oxygen atoms in total. The maximum Gasteiger partial charge on any atom is 0.0635 e. The van der Waals surface area contributed by atoms with E-state index in [4.69, 9.17) is 5.73 Å². The van der Waals surface area contributed by atoms with E-state index in [-0.39, 0.29) is 6.04 Å². The predicted molar refractivity (Wildman–Crippen MR) is 52.7 cm³/mol. The molecule has 1 rings (SSSR count). The van der Waals surface area contributed by atoms with Crippen molar-refractivity contribution in [2.24, 2.45) is 10.1 Å². The molecule has 1 fully saturated rings. The molecule has 1 aliphatic rings. The van der Waals surface area contributed by atoms with E-state index in [9.17, 15) is 4.21 Å². The lowest BCUT2D eigenvalue weighted by Gasteiger charge is -2.05. The molecule has 0 radical (unpaired) electrons. The van der Waals surface area contributed by atoms with E-state index in [1.165, 1.54) is 0 Å². The van der Waals surface area contributed by atoms with Crippen LogP contribution in [0, 0.1) is 0 Å². The van der Waals surface area contributed by atoms with Gasteiger partial charge in [0.05, 0.1) is 6.54 Å². The lowest BCUT2D eigenvalue weighted by Crippen LogP contribution is -2.23. The molecule has 0 aromatic carbocycles. The number of rotatable bonds is 3. The summed E-state index contributed by atoms with van der Waals surface area (Å²) in [5.41, 5.74) is 5.69. The molecular formula is C8H18N2OS. The van der Waals surface area contributed by atoms with Crippen molar-refractivity contribution in [3.63, 3.8) is 0 Å². The zero-order valence-corrected chi connectivity index (χ0v) is 8.48. The molecule has 0 unspecified atom stereocenters. The third-order valence-corrected chi connectivity index (χ3v) is 4.72. The van der Waals surface area contributed by atoms with Crippen molar-refractivity contribution in [3.05, 3.63) is 0 Å². The molecule has 0 saturated carbocycles. The van der Waals surface area contributed by atoms with Gasteiger partial charge in [0.2, 0.25) is 0 Å². The van der Waals surface area contributed by atoms with Crippen LogP contribution < -0.4 is 5.73 Å². The van der Waals surface area contributed by atoms with Crippen LogP contribution in [-0.2, 0) is 9.73 Å². The summed E-state index contributed by atoms with van der Waals surface area (Å²) in [5, 5.41) is 0. The van der Waals surface area contributed by atoms with Crippen LogP contribution in [0.5, 0.6) is 0 Å². The zero-order chi connectivity index (χ0) is 9.03. The minimum absolute atomic E-state index is 0.101. The average molecular weight is 190 g/mol. The van der Waals surface area contributed by atoms with Gasteiger partial charge in [-0.25, -0.2) is 8.57 Å². The summed E-state index contributed by atoms with van der Waals surface area (Å²) < 4.78 is 16.0. The molecule has 0 aliphatic carbocycles. The van der Waals surface area contributed by atoms with Crippen LogP contribution in [0.4, 0.5) is 0 Å². The molecule has 0 aromatic heterocycles. The second kappa shape index (κ2) is 4.23. The second-order valence-electron chi connectivity index (χ2n) is 3.37. The number of hydrogen-bond acceptors (Lipinski definition) is 3. The average Bonchev–Trinajstić information content (AvgIpc) is 2.49. The Kier molecular flexibility index (Phi) is 3.53. The van der Waals surface area contributed by atoms with E-state index < -0.39 is 9.73 Å². The highest BCUT2D eigenvalue weighted by atomic mass is 32.2. The van der Waals surface area contributed by atoms with Gasteiger partial charge in [-0.2, -0.15) is 0 Å². The van der Waals surface area contributed by atoms with Gasteiger partial charge in [-0.05, 0) is 19.3 Å². The van der Waals surface area contributed by atoms with E-state index in [2.05, 4.69) is 4.36 Å². The summed E-state index contributed by atoms with van der Waals surface area (Å²) in [4.78, 5) is 0. The third-order valence-electron chi connectivity index (χ3n) is 2.25. The molecule has 1 heterocycles. The molecular weight excluding hydrogens is 172 g/mol. The molecule has 0 amide bonds. The molecule has 1 saturated heterocycles. The largest absolute Gasteiger partial charge is 0.326 e. The topological polar surface area (TPSA) is 55.4 Å². The Morgan fingerprint density at radius 3 is 2.58 bits per heavy atom. The Labute approximate surface area is 74.9 Å².